The van der Waals surface area contributed by atoms with Crippen LogP contribution in [0.5, 0.6) is 11.8 Å². The molecular formula is C39H48F2N4O2. The predicted octanol–water partition coefficient (Wildman–Crippen LogP) is 9.36. The summed E-state index contributed by atoms with van der Waals surface area (Å²) in [5.41, 5.74) is 6.51. The average Bonchev–Trinajstić information content (AvgIpc) is 3.12. The first kappa shape index (κ1) is 36.7. The summed E-state index contributed by atoms with van der Waals surface area (Å²) in [6.07, 6.45) is 13.1. The highest BCUT2D eigenvalue weighted by Gasteiger charge is 2.08. The first-order valence-corrected chi connectivity index (χ1v) is 16.1. The minimum Gasteiger partial charge on any atom is -0.477 e. The monoisotopic (exact) mass is 640 g/mol. The van der Waals surface area contributed by atoms with E-state index in [2.05, 4.69) is 56.6 Å². The Morgan fingerprint density at radius 2 is 1.04 bits per heavy atom. The van der Waals surface area contributed by atoms with E-state index in [1.165, 1.54) is 5.69 Å². The SMILES string of the molecule is CCC(C[18F])COc1ccc(/C=C/c2ccc(N(C)C)cc2)cn1.CCC(C[18F])COc1ccc(/C=C/c2ccc(NC)cc2)cn1. The molecule has 2 aromatic heterocycles. The van der Waals surface area contributed by atoms with E-state index in [0.717, 1.165) is 40.8 Å². The van der Waals surface area contributed by atoms with Crippen molar-refractivity contribution in [3.63, 3.8) is 0 Å². The highest BCUT2D eigenvalue weighted by Crippen LogP contribution is 2.17. The fourth-order valence-corrected chi connectivity index (χ4v) is 4.13. The van der Waals surface area contributed by atoms with Crippen LogP contribution >= 0.6 is 0 Å². The van der Waals surface area contributed by atoms with Crippen LogP contribution in [0.4, 0.5) is 20.2 Å². The van der Waals surface area contributed by atoms with Gasteiger partial charge in [-0.3, -0.25) is 8.78 Å². The summed E-state index contributed by atoms with van der Waals surface area (Å²) in [4.78, 5) is 10.6. The predicted molar refractivity (Wildman–Crippen MR) is 194 cm³/mol. The van der Waals surface area contributed by atoms with Crippen molar-refractivity contribution in [3.05, 3.63) is 107 Å². The molecule has 4 rings (SSSR count). The summed E-state index contributed by atoms with van der Waals surface area (Å²) >= 11 is 0. The smallest absolute Gasteiger partial charge is 0.213 e. The van der Waals surface area contributed by atoms with Crippen LogP contribution in [-0.2, 0) is 0 Å². The number of pyridine rings is 2. The van der Waals surface area contributed by atoms with Crippen molar-refractivity contribution < 1.29 is 18.3 Å². The molecule has 0 saturated carbocycles. The van der Waals surface area contributed by atoms with Crippen molar-refractivity contribution in [2.75, 3.05) is 57.9 Å². The number of benzene rings is 2. The quantitative estimate of drug-likeness (QED) is 0.132. The fraction of sp³-hybridized carbons (Fsp3) is 0.333. The van der Waals surface area contributed by atoms with E-state index in [1.54, 1.807) is 12.4 Å². The molecular weight excluding hydrogens is 592 g/mol. The average molecular weight is 641 g/mol. The summed E-state index contributed by atoms with van der Waals surface area (Å²) in [6.45, 7) is 3.94. The minimum atomic E-state index is -0.357. The molecule has 2 aromatic carbocycles. The lowest BCUT2D eigenvalue weighted by atomic mass is 10.1. The third-order valence-electron chi connectivity index (χ3n) is 7.59. The lowest BCUT2D eigenvalue weighted by Crippen LogP contribution is -2.13. The second-order valence-electron chi connectivity index (χ2n) is 11.4. The van der Waals surface area contributed by atoms with E-state index in [4.69, 9.17) is 9.47 Å². The molecule has 1 N–H and O–H groups in total. The van der Waals surface area contributed by atoms with Gasteiger partial charge in [0.2, 0.25) is 11.8 Å². The Morgan fingerprint density at radius 1 is 0.638 bits per heavy atom. The number of nitrogens with zero attached hydrogens (tertiary/aromatic N) is 3. The Labute approximate surface area is 279 Å². The Hall–Kier alpha value is -4.72. The second kappa shape index (κ2) is 20.4. The fourth-order valence-electron chi connectivity index (χ4n) is 4.13. The van der Waals surface area contributed by atoms with Gasteiger partial charge in [-0.25, -0.2) is 9.97 Å². The zero-order valence-electron chi connectivity index (χ0n) is 28.2. The van der Waals surface area contributed by atoms with Gasteiger partial charge < -0.3 is 19.7 Å². The number of nitrogens with one attached hydrogen (secondary N) is 1. The number of hydrogen-bond donors (Lipinski definition) is 1. The molecule has 2 atom stereocenters. The summed E-state index contributed by atoms with van der Waals surface area (Å²) in [5.74, 6) is 0.954. The summed E-state index contributed by atoms with van der Waals surface area (Å²) in [5, 5.41) is 3.09. The molecule has 2 heterocycles. The van der Waals surface area contributed by atoms with E-state index in [0.29, 0.717) is 25.0 Å². The van der Waals surface area contributed by atoms with E-state index >= 15 is 0 Å². The first-order valence-electron chi connectivity index (χ1n) is 16.1. The summed E-state index contributed by atoms with van der Waals surface area (Å²) in [6, 6.07) is 24.0. The molecule has 0 bridgehead atoms. The van der Waals surface area contributed by atoms with Gasteiger partial charge >= 0.3 is 0 Å². The molecule has 0 amide bonds. The Bertz CT molecular complexity index is 1470. The van der Waals surface area contributed by atoms with Crippen LogP contribution in [0.15, 0.2) is 85.2 Å². The third-order valence-corrected chi connectivity index (χ3v) is 7.59. The molecule has 8 heteroatoms. The zero-order chi connectivity index (χ0) is 33.9. The standard InChI is InChI=1S/C20H25FN2O.C19H23FN2O/c1-4-16(13-21)15-24-20-12-9-18(14-22-20)6-5-17-7-10-19(11-8-17)23(2)3;1-3-15(12-20)14-23-19-11-8-17(13-22-19)5-4-16-6-9-18(21-2)10-7-16/h5-12,14,16H,4,13,15H2,1-3H3;4-11,13,15,21H,3,12,14H2,1-2H3/b6-5+;5-4+/i21-1;20-1. The molecule has 0 aliphatic carbocycles. The van der Waals surface area contributed by atoms with Gasteiger partial charge in [0.25, 0.3) is 0 Å². The second-order valence-corrected chi connectivity index (χ2v) is 11.4. The minimum absolute atomic E-state index is 0.0584. The third kappa shape index (κ3) is 13.3. The van der Waals surface area contributed by atoms with Crippen LogP contribution < -0.4 is 19.7 Å². The number of rotatable bonds is 16. The van der Waals surface area contributed by atoms with Gasteiger partial charge in [0, 0.05) is 68.9 Å². The lowest BCUT2D eigenvalue weighted by Gasteiger charge is -2.12. The maximum atomic E-state index is 12.6. The van der Waals surface area contributed by atoms with Crippen LogP contribution in [0, 0.1) is 11.8 Å². The van der Waals surface area contributed by atoms with E-state index in [1.807, 2.05) is 95.7 Å². The van der Waals surface area contributed by atoms with Crippen molar-refractivity contribution in [1.29, 1.82) is 0 Å². The molecule has 6 nitrogen and oxygen atoms in total. The van der Waals surface area contributed by atoms with Gasteiger partial charge in [0.15, 0.2) is 0 Å². The molecule has 0 aliphatic heterocycles. The van der Waals surface area contributed by atoms with Crippen LogP contribution in [-0.4, -0.2) is 57.7 Å². The number of halogens is 2. The lowest BCUT2D eigenvalue weighted by molar-refractivity contribution is 0.206. The Balaban J connectivity index is 0.000000256. The highest BCUT2D eigenvalue weighted by atomic mass is 18.2. The van der Waals surface area contributed by atoms with Gasteiger partial charge in [-0.05, 0) is 71.5 Å². The highest BCUT2D eigenvalue weighted by molar-refractivity contribution is 5.71. The van der Waals surface area contributed by atoms with E-state index in [9.17, 15) is 8.78 Å². The number of anilines is 2. The van der Waals surface area contributed by atoms with Crippen LogP contribution in [0.3, 0.4) is 0 Å². The van der Waals surface area contributed by atoms with E-state index in [-0.39, 0.29) is 25.2 Å². The molecule has 2 unspecified atom stereocenters. The number of hydrogen-bond acceptors (Lipinski definition) is 6. The maximum Gasteiger partial charge on any atom is 0.213 e. The molecule has 47 heavy (non-hydrogen) atoms. The zero-order valence-corrected chi connectivity index (χ0v) is 28.2. The van der Waals surface area contributed by atoms with Crippen LogP contribution in [0.25, 0.3) is 24.3 Å². The topological polar surface area (TPSA) is 59.5 Å². The molecule has 0 radical (unpaired) electrons. The largest absolute Gasteiger partial charge is 0.477 e. The molecule has 0 fully saturated rings. The van der Waals surface area contributed by atoms with Crippen molar-refractivity contribution in [2.24, 2.45) is 11.8 Å². The van der Waals surface area contributed by atoms with Crippen molar-refractivity contribution >= 4 is 35.7 Å². The normalized spacial score (nSPS) is 12.3. The summed E-state index contributed by atoms with van der Waals surface area (Å²) < 4.78 is 36.3. The number of ether oxygens (including phenoxy) is 2. The Morgan fingerprint density at radius 3 is 1.38 bits per heavy atom. The van der Waals surface area contributed by atoms with Crippen molar-refractivity contribution in [1.82, 2.24) is 9.97 Å². The number of alkyl halides is 2. The molecule has 4 aromatic rings. The Kier molecular flexibility index (Phi) is 16.0. The molecule has 0 spiro atoms. The molecule has 0 saturated heterocycles. The van der Waals surface area contributed by atoms with E-state index < -0.39 is 0 Å². The summed E-state index contributed by atoms with van der Waals surface area (Å²) in [7, 11) is 5.95. The van der Waals surface area contributed by atoms with Gasteiger partial charge in [-0.1, -0.05) is 62.4 Å². The molecule has 250 valence electrons. The van der Waals surface area contributed by atoms with Gasteiger partial charge in [-0.15, -0.1) is 0 Å². The van der Waals surface area contributed by atoms with Crippen molar-refractivity contribution in [2.45, 2.75) is 26.7 Å². The molecule has 0 aliphatic rings. The van der Waals surface area contributed by atoms with Gasteiger partial charge in [-0.2, -0.15) is 0 Å². The maximum absolute atomic E-state index is 12.6. The first-order chi connectivity index (χ1) is 22.9. The number of aromatic nitrogens is 2. The van der Waals surface area contributed by atoms with Gasteiger partial charge in [0.05, 0.1) is 26.6 Å². The van der Waals surface area contributed by atoms with Crippen LogP contribution in [0.2, 0.25) is 0 Å². The van der Waals surface area contributed by atoms with Crippen molar-refractivity contribution in [3.8, 4) is 11.8 Å². The van der Waals surface area contributed by atoms with Gasteiger partial charge in [0.1, 0.15) is 0 Å². The van der Waals surface area contributed by atoms with Crippen LogP contribution in [0.1, 0.15) is 48.9 Å².